The number of aliphatic hydroxyl groups excluding tert-OH is 1. The van der Waals surface area contributed by atoms with Gasteiger partial charge >= 0.3 is 0 Å². The first-order valence-electron chi connectivity index (χ1n) is 5.05. The van der Waals surface area contributed by atoms with Crippen LogP contribution in [-0.4, -0.2) is 30.4 Å². The molecule has 0 amide bonds. The Morgan fingerprint density at radius 3 is 2.38 bits per heavy atom. The van der Waals surface area contributed by atoms with Crippen molar-refractivity contribution in [3.63, 3.8) is 0 Å². The van der Waals surface area contributed by atoms with Gasteiger partial charge in [-0.3, -0.25) is 4.55 Å². The van der Waals surface area contributed by atoms with E-state index in [0.29, 0.717) is 12.8 Å². The van der Waals surface area contributed by atoms with Gasteiger partial charge in [0, 0.05) is 25.2 Å². The fourth-order valence-electron chi connectivity index (χ4n) is 1.30. The molecule has 0 bridgehead atoms. The molecule has 0 unspecified atom stereocenters. The maximum atomic E-state index is 10.5. The van der Waals surface area contributed by atoms with E-state index in [9.17, 15) is 8.42 Å². The van der Waals surface area contributed by atoms with Gasteiger partial charge in [-0.15, -0.1) is 0 Å². The highest BCUT2D eigenvalue weighted by molar-refractivity contribution is 7.85. The van der Waals surface area contributed by atoms with Crippen LogP contribution in [0.3, 0.4) is 0 Å². The van der Waals surface area contributed by atoms with Crippen LogP contribution in [0.2, 0.25) is 0 Å². The van der Waals surface area contributed by atoms with Crippen molar-refractivity contribution in [1.29, 1.82) is 0 Å². The van der Waals surface area contributed by atoms with Crippen molar-refractivity contribution >= 4 is 10.1 Å². The third-order valence-corrected chi connectivity index (χ3v) is 2.90. The van der Waals surface area contributed by atoms with Gasteiger partial charge in [0.25, 0.3) is 10.1 Å². The van der Waals surface area contributed by atoms with E-state index in [1.54, 1.807) is 0 Å². The summed E-state index contributed by atoms with van der Waals surface area (Å²) in [6.07, 6.45) is 4.65. The molecule has 16 heavy (non-hydrogen) atoms. The predicted octanol–water partition coefficient (Wildman–Crippen LogP) is -0.213. The molecule has 5 nitrogen and oxygen atoms in total. The van der Waals surface area contributed by atoms with Crippen molar-refractivity contribution in [2.45, 2.75) is 19.4 Å². The number of aromatic nitrogens is 1. The third kappa shape index (κ3) is 5.20. The molecule has 0 spiro atoms. The van der Waals surface area contributed by atoms with Gasteiger partial charge in [0.05, 0.1) is 5.75 Å². The van der Waals surface area contributed by atoms with Gasteiger partial charge in [-0.1, -0.05) is 0 Å². The minimum atomic E-state index is -3.89. The second kappa shape index (κ2) is 5.93. The number of pyridine rings is 1. The van der Waals surface area contributed by atoms with Crippen LogP contribution in [0.25, 0.3) is 0 Å². The van der Waals surface area contributed by atoms with Gasteiger partial charge in [-0.25, -0.2) is 4.57 Å². The monoisotopic (exact) mass is 246 g/mol. The van der Waals surface area contributed by atoms with Crippen LogP contribution < -0.4 is 4.57 Å². The average molecular weight is 246 g/mol. The normalized spacial score (nSPS) is 11.6. The molecule has 0 aliphatic rings. The summed E-state index contributed by atoms with van der Waals surface area (Å²) in [5, 5.41) is 8.65. The Bertz CT molecular complexity index is 413. The highest BCUT2D eigenvalue weighted by Crippen LogP contribution is 1.99. The molecule has 0 fully saturated rings. The molecule has 1 rings (SSSR count). The molecule has 2 N–H and O–H groups in total. The van der Waals surface area contributed by atoms with Crippen molar-refractivity contribution in [1.82, 2.24) is 0 Å². The molecule has 0 radical (unpaired) electrons. The van der Waals surface area contributed by atoms with Crippen LogP contribution in [0.1, 0.15) is 12.0 Å². The SMILES string of the molecule is O=S(=O)(O)CCc1cc[n+](CCCO)cc1. The first-order valence-corrected chi connectivity index (χ1v) is 6.66. The first kappa shape index (κ1) is 13.1. The lowest BCUT2D eigenvalue weighted by Gasteiger charge is -1.99. The van der Waals surface area contributed by atoms with Gasteiger partial charge in [-0.05, 0) is 12.0 Å². The van der Waals surface area contributed by atoms with Crippen LogP contribution >= 0.6 is 0 Å². The number of hydrogen-bond donors (Lipinski definition) is 2. The summed E-state index contributed by atoms with van der Waals surface area (Å²) in [6.45, 7) is 0.882. The summed E-state index contributed by atoms with van der Waals surface area (Å²) in [7, 11) is -3.89. The first-order chi connectivity index (χ1) is 7.51. The van der Waals surface area contributed by atoms with E-state index >= 15 is 0 Å². The van der Waals surface area contributed by atoms with Crippen LogP contribution in [0.5, 0.6) is 0 Å². The summed E-state index contributed by atoms with van der Waals surface area (Å²) in [5.74, 6) is -0.256. The summed E-state index contributed by atoms with van der Waals surface area (Å²) in [4.78, 5) is 0. The van der Waals surface area contributed by atoms with Crippen LogP contribution in [-0.2, 0) is 23.1 Å². The Kier molecular flexibility index (Phi) is 4.85. The molecule has 0 aliphatic heterocycles. The molecule has 0 aliphatic carbocycles. The summed E-state index contributed by atoms with van der Waals surface area (Å²) in [5.41, 5.74) is 0.859. The van der Waals surface area contributed by atoms with Crippen molar-refractivity contribution in [3.05, 3.63) is 30.1 Å². The molecule has 1 aromatic rings. The zero-order valence-electron chi connectivity index (χ0n) is 8.91. The van der Waals surface area contributed by atoms with Gasteiger partial charge in [0.1, 0.15) is 0 Å². The lowest BCUT2D eigenvalue weighted by Crippen LogP contribution is -2.33. The summed E-state index contributed by atoms with van der Waals surface area (Å²) < 4.78 is 31.6. The second-order valence-electron chi connectivity index (χ2n) is 3.56. The molecule has 0 atom stereocenters. The highest BCUT2D eigenvalue weighted by Gasteiger charge is 2.06. The topological polar surface area (TPSA) is 78.5 Å². The van der Waals surface area contributed by atoms with E-state index in [0.717, 1.165) is 12.1 Å². The Morgan fingerprint density at radius 2 is 1.88 bits per heavy atom. The highest BCUT2D eigenvalue weighted by atomic mass is 32.2. The van der Waals surface area contributed by atoms with Crippen LogP contribution in [0, 0.1) is 0 Å². The van der Waals surface area contributed by atoms with Gasteiger partial charge < -0.3 is 5.11 Å². The van der Waals surface area contributed by atoms with Gasteiger partial charge in [0.15, 0.2) is 18.9 Å². The largest absolute Gasteiger partial charge is 0.396 e. The maximum absolute atomic E-state index is 10.5. The minimum absolute atomic E-state index is 0.150. The Labute approximate surface area is 95.1 Å². The number of aryl methyl sites for hydroxylation is 2. The van der Waals surface area contributed by atoms with Crippen molar-refractivity contribution in [2.24, 2.45) is 0 Å². The number of nitrogens with zero attached hydrogens (tertiary/aromatic N) is 1. The third-order valence-electron chi connectivity index (χ3n) is 2.18. The average Bonchev–Trinajstić information content (AvgIpc) is 2.24. The fraction of sp³-hybridized carbons (Fsp3) is 0.500. The Hall–Kier alpha value is -0.980. The molecule has 6 heteroatoms. The molecule has 1 heterocycles. The van der Waals surface area contributed by atoms with Crippen molar-refractivity contribution < 1.29 is 22.6 Å². The van der Waals surface area contributed by atoms with E-state index in [2.05, 4.69) is 0 Å². The lowest BCUT2D eigenvalue weighted by atomic mass is 10.2. The number of hydrogen-bond acceptors (Lipinski definition) is 3. The van der Waals surface area contributed by atoms with E-state index in [1.807, 2.05) is 29.1 Å². The van der Waals surface area contributed by atoms with E-state index < -0.39 is 10.1 Å². The van der Waals surface area contributed by atoms with Crippen LogP contribution in [0.15, 0.2) is 24.5 Å². The number of aliphatic hydroxyl groups is 1. The molecule has 1 aromatic heterocycles. The van der Waals surface area contributed by atoms with Crippen LogP contribution in [0.4, 0.5) is 0 Å². The Morgan fingerprint density at radius 1 is 1.25 bits per heavy atom. The summed E-state index contributed by atoms with van der Waals surface area (Å²) in [6, 6.07) is 3.62. The molecule has 90 valence electrons. The quantitative estimate of drug-likeness (QED) is 0.537. The molecular formula is C10H16NO4S+. The zero-order valence-corrected chi connectivity index (χ0v) is 9.73. The van der Waals surface area contributed by atoms with E-state index in [-0.39, 0.29) is 12.4 Å². The molecule has 0 saturated heterocycles. The van der Waals surface area contributed by atoms with Gasteiger partial charge in [0.2, 0.25) is 0 Å². The number of rotatable bonds is 6. The van der Waals surface area contributed by atoms with E-state index in [1.165, 1.54) is 0 Å². The lowest BCUT2D eigenvalue weighted by molar-refractivity contribution is -0.697. The standard InChI is InChI=1S/C10H15NO4S/c12-8-1-5-11-6-2-10(3-7-11)4-9-16(13,14)15/h2-3,6-7,12H,1,4-5,8-9H2/p+1. The van der Waals surface area contributed by atoms with E-state index in [4.69, 9.17) is 9.66 Å². The predicted molar refractivity (Wildman–Crippen MR) is 58.5 cm³/mol. The Balaban J connectivity index is 2.51. The smallest absolute Gasteiger partial charge is 0.265 e. The van der Waals surface area contributed by atoms with Gasteiger partial charge in [-0.2, -0.15) is 8.42 Å². The fourth-order valence-corrected chi connectivity index (χ4v) is 1.80. The van der Waals surface area contributed by atoms with Crippen molar-refractivity contribution in [2.75, 3.05) is 12.4 Å². The molecule has 0 aromatic carbocycles. The second-order valence-corrected chi connectivity index (χ2v) is 5.13. The van der Waals surface area contributed by atoms with Crippen molar-refractivity contribution in [3.8, 4) is 0 Å². The zero-order chi connectivity index (χ0) is 12.0. The molecule has 0 saturated carbocycles. The summed E-state index contributed by atoms with van der Waals surface area (Å²) >= 11 is 0. The maximum Gasteiger partial charge on any atom is 0.265 e. The molecular weight excluding hydrogens is 230 g/mol. The minimum Gasteiger partial charge on any atom is -0.396 e.